The molecule has 0 bridgehead atoms. The van der Waals surface area contributed by atoms with Gasteiger partial charge in [0.05, 0.1) is 0 Å². The van der Waals surface area contributed by atoms with Crippen LogP contribution in [0.2, 0.25) is 0 Å². The van der Waals surface area contributed by atoms with Crippen LogP contribution in [0.1, 0.15) is 38.5 Å². The van der Waals surface area contributed by atoms with Gasteiger partial charge < -0.3 is 15.3 Å². The quantitative estimate of drug-likeness (QED) is 0.721. The summed E-state index contributed by atoms with van der Waals surface area (Å²) >= 11 is 0. The van der Waals surface area contributed by atoms with Gasteiger partial charge in [0.25, 0.3) is 0 Å². The third kappa shape index (κ3) is 1.90. The van der Waals surface area contributed by atoms with E-state index in [4.69, 9.17) is 5.11 Å². The van der Waals surface area contributed by atoms with Gasteiger partial charge in [0, 0.05) is 18.6 Å². The second-order valence-electron chi connectivity index (χ2n) is 5.91. The van der Waals surface area contributed by atoms with Crippen molar-refractivity contribution in [3.8, 4) is 0 Å². The van der Waals surface area contributed by atoms with Crippen molar-refractivity contribution in [2.75, 3.05) is 13.1 Å². The maximum Gasteiger partial charge on any atom is 0.319 e. The summed E-state index contributed by atoms with van der Waals surface area (Å²) in [6.45, 7) is 2.22. The van der Waals surface area contributed by atoms with Gasteiger partial charge in [-0.2, -0.15) is 0 Å². The van der Waals surface area contributed by atoms with Crippen molar-refractivity contribution in [1.82, 2.24) is 10.2 Å². The van der Waals surface area contributed by atoms with E-state index in [1.54, 1.807) is 0 Å². The molecule has 100 valence electrons. The maximum atomic E-state index is 12.0. The van der Waals surface area contributed by atoms with Gasteiger partial charge in [0.15, 0.2) is 0 Å². The Bertz CT molecular complexity index is 378. The van der Waals surface area contributed by atoms with E-state index in [0.29, 0.717) is 18.9 Å². The van der Waals surface area contributed by atoms with E-state index >= 15 is 0 Å². The molecule has 0 aromatic carbocycles. The molecule has 5 nitrogen and oxygen atoms in total. The Morgan fingerprint density at radius 3 is 2.67 bits per heavy atom. The average molecular weight is 252 g/mol. The second kappa shape index (κ2) is 4.23. The lowest BCUT2D eigenvalue weighted by Crippen LogP contribution is -2.50. The summed E-state index contributed by atoms with van der Waals surface area (Å²) < 4.78 is 0. The summed E-state index contributed by atoms with van der Waals surface area (Å²) in [7, 11) is 0. The molecule has 2 atom stereocenters. The Balaban J connectivity index is 1.57. The van der Waals surface area contributed by atoms with Crippen LogP contribution < -0.4 is 5.32 Å². The first-order chi connectivity index (χ1) is 8.62. The smallest absolute Gasteiger partial charge is 0.319 e. The van der Waals surface area contributed by atoms with Crippen LogP contribution in [0.15, 0.2) is 0 Å². The lowest BCUT2D eigenvalue weighted by Gasteiger charge is -2.35. The van der Waals surface area contributed by atoms with Crippen LogP contribution in [-0.4, -0.2) is 47.1 Å². The molecule has 1 saturated carbocycles. The van der Waals surface area contributed by atoms with E-state index in [-0.39, 0.29) is 11.9 Å². The number of hydrogen-bond acceptors (Lipinski definition) is 3. The zero-order valence-corrected chi connectivity index (χ0v) is 10.5. The number of nitrogens with one attached hydrogen (secondary N) is 1. The Morgan fingerprint density at radius 2 is 2.00 bits per heavy atom. The molecule has 2 aliphatic heterocycles. The van der Waals surface area contributed by atoms with E-state index in [1.165, 1.54) is 19.4 Å². The summed E-state index contributed by atoms with van der Waals surface area (Å²) in [4.78, 5) is 25.6. The minimum absolute atomic E-state index is 0.175. The molecule has 2 unspecified atom stereocenters. The second-order valence-corrected chi connectivity index (χ2v) is 5.91. The zero-order valence-electron chi connectivity index (χ0n) is 10.5. The predicted octanol–water partition coefficient (Wildman–Crippen LogP) is 0.594. The third-order valence-electron chi connectivity index (χ3n) is 4.75. The van der Waals surface area contributed by atoms with E-state index < -0.39 is 11.4 Å². The molecule has 3 fully saturated rings. The van der Waals surface area contributed by atoms with Gasteiger partial charge >= 0.3 is 5.97 Å². The molecule has 1 amide bonds. The number of carbonyl (C=O) groups excluding carboxylic acids is 1. The number of amides is 1. The van der Waals surface area contributed by atoms with Gasteiger partial charge in [-0.25, -0.2) is 0 Å². The Kier molecular flexibility index (Phi) is 2.81. The topological polar surface area (TPSA) is 69.6 Å². The molecule has 18 heavy (non-hydrogen) atoms. The normalized spacial score (nSPS) is 33.8. The Labute approximate surface area is 107 Å². The molecule has 2 heterocycles. The molecule has 2 saturated heterocycles. The summed E-state index contributed by atoms with van der Waals surface area (Å²) in [5, 5.41) is 12.1. The first-order valence-electron chi connectivity index (χ1n) is 6.90. The molecule has 5 heteroatoms. The van der Waals surface area contributed by atoms with Gasteiger partial charge in [0.1, 0.15) is 5.41 Å². The Morgan fingerprint density at radius 1 is 1.22 bits per heavy atom. The fourth-order valence-electron chi connectivity index (χ4n) is 3.34. The maximum absolute atomic E-state index is 12.0. The predicted molar refractivity (Wildman–Crippen MR) is 65.1 cm³/mol. The molecule has 1 aliphatic carbocycles. The van der Waals surface area contributed by atoms with E-state index in [9.17, 15) is 9.59 Å². The number of carboxylic acid groups (broad SMARTS) is 1. The van der Waals surface area contributed by atoms with Crippen molar-refractivity contribution in [2.24, 2.45) is 5.41 Å². The number of fused-ring (bicyclic) bond motifs is 1. The highest BCUT2D eigenvalue weighted by Gasteiger charge is 2.57. The van der Waals surface area contributed by atoms with Crippen LogP contribution in [0, 0.1) is 5.41 Å². The first kappa shape index (κ1) is 12.0. The fourth-order valence-corrected chi connectivity index (χ4v) is 3.34. The highest BCUT2D eigenvalue weighted by atomic mass is 16.4. The number of hydrogen-bond donors (Lipinski definition) is 2. The van der Waals surface area contributed by atoms with Crippen LogP contribution in [-0.2, 0) is 9.59 Å². The number of piperidine rings is 1. The molecule has 0 aromatic heterocycles. The van der Waals surface area contributed by atoms with Crippen molar-refractivity contribution in [3.05, 3.63) is 0 Å². The monoisotopic (exact) mass is 252 g/mol. The molecular formula is C13H20N2O3. The summed E-state index contributed by atoms with van der Waals surface area (Å²) in [5.41, 5.74) is -1.09. The van der Waals surface area contributed by atoms with Crippen molar-refractivity contribution in [1.29, 1.82) is 0 Å². The lowest BCUT2D eigenvalue weighted by molar-refractivity contribution is -0.149. The summed E-state index contributed by atoms with van der Waals surface area (Å²) in [5.74, 6) is -1.22. The van der Waals surface area contributed by atoms with E-state index in [0.717, 1.165) is 19.4 Å². The fraction of sp³-hybridized carbons (Fsp3) is 0.846. The third-order valence-corrected chi connectivity index (χ3v) is 4.75. The number of rotatable bonds is 3. The van der Waals surface area contributed by atoms with E-state index in [1.807, 2.05) is 0 Å². The highest BCUT2D eigenvalue weighted by Crippen LogP contribution is 2.46. The van der Waals surface area contributed by atoms with Gasteiger partial charge in [-0.1, -0.05) is 0 Å². The SMILES string of the molecule is O=C(O)C1(C(=O)NC2CCN3CCCC3C2)CC1. The van der Waals surface area contributed by atoms with E-state index in [2.05, 4.69) is 10.2 Å². The molecule has 3 rings (SSSR count). The molecule has 2 N–H and O–H groups in total. The molecule has 3 aliphatic rings. The number of carbonyl (C=O) groups is 2. The van der Waals surface area contributed by atoms with Crippen LogP contribution in [0.25, 0.3) is 0 Å². The first-order valence-corrected chi connectivity index (χ1v) is 6.90. The largest absolute Gasteiger partial charge is 0.480 e. The molecular weight excluding hydrogens is 232 g/mol. The van der Waals surface area contributed by atoms with Gasteiger partial charge in [-0.3, -0.25) is 9.59 Å². The van der Waals surface area contributed by atoms with Crippen LogP contribution in [0.4, 0.5) is 0 Å². The molecule has 0 spiro atoms. The van der Waals surface area contributed by atoms with Crippen LogP contribution >= 0.6 is 0 Å². The van der Waals surface area contributed by atoms with Crippen molar-refractivity contribution in [3.63, 3.8) is 0 Å². The molecule has 0 radical (unpaired) electrons. The minimum atomic E-state index is -1.09. The standard InChI is InChI=1S/C13H20N2O3/c16-11(13(4-5-13)12(17)18)14-9-3-7-15-6-1-2-10(15)8-9/h9-10H,1-8H2,(H,14,16)(H,17,18). The van der Waals surface area contributed by atoms with Crippen molar-refractivity contribution >= 4 is 11.9 Å². The number of nitrogens with zero attached hydrogens (tertiary/aromatic N) is 1. The van der Waals surface area contributed by atoms with Crippen LogP contribution in [0.5, 0.6) is 0 Å². The van der Waals surface area contributed by atoms with Crippen molar-refractivity contribution in [2.45, 2.75) is 50.6 Å². The average Bonchev–Trinajstić information content (AvgIpc) is 3.03. The molecule has 0 aromatic rings. The van der Waals surface area contributed by atoms with Gasteiger partial charge in [0.2, 0.25) is 5.91 Å². The zero-order chi connectivity index (χ0) is 12.8. The van der Waals surface area contributed by atoms with Gasteiger partial charge in [-0.05, 0) is 45.1 Å². The van der Waals surface area contributed by atoms with Crippen molar-refractivity contribution < 1.29 is 14.7 Å². The minimum Gasteiger partial charge on any atom is -0.480 e. The lowest BCUT2D eigenvalue weighted by atomic mass is 9.96. The summed E-state index contributed by atoms with van der Waals surface area (Å²) in [6.07, 6.45) is 5.41. The van der Waals surface area contributed by atoms with Crippen LogP contribution in [0.3, 0.4) is 0 Å². The number of aliphatic carboxylic acids is 1. The highest BCUT2D eigenvalue weighted by molar-refractivity contribution is 6.04. The number of carboxylic acids is 1. The summed E-state index contributed by atoms with van der Waals surface area (Å²) in [6, 6.07) is 0.776. The Hall–Kier alpha value is -1.10. The van der Waals surface area contributed by atoms with Gasteiger partial charge in [-0.15, -0.1) is 0 Å².